The number of carbonyl (C=O) groups excluding carboxylic acids is 1. The summed E-state index contributed by atoms with van der Waals surface area (Å²) in [6, 6.07) is 0. The van der Waals surface area contributed by atoms with Crippen molar-refractivity contribution in [2.75, 3.05) is 38.5 Å². The maximum absolute atomic E-state index is 11.4. The molecule has 0 unspecified atom stereocenters. The minimum absolute atomic E-state index is 0.203. The molecule has 0 aromatic rings. The number of rotatable bonds is 13. The zero-order valence-corrected chi connectivity index (χ0v) is 15.5. The number of hydrogen-bond acceptors (Lipinski definition) is 4. The van der Waals surface area contributed by atoms with Crippen LogP contribution in [0.5, 0.6) is 0 Å². The molecule has 6 nitrogen and oxygen atoms in total. The Balaban J connectivity index is 4.57. The summed E-state index contributed by atoms with van der Waals surface area (Å²) in [7, 11) is -3.91. The van der Waals surface area contributed by atoms with Crippen molar-refractivity contribution < 1.29 is 27.0 Å². The Kier molecular flexibility index (Phi) is 10.3. The Morgan fingerprint density at radius 2 is 1.61 bits per heavy atom. The van der Waals surface area contributed by atoms with E-state index in [-0.39, 0.29) is 11.7 Å². The molecule has 0 aliphatic heterocycles. The van der Waals surface area contributed by atoms with Gasteiger partial charge in [0.1, 0.15) is 0 Å². The van der Waals surface area contributed by atoms with Gasteiger partial charge in [0.25, 0.3) is 10.1 Å². The van der Waals surface area contributed by atoms with Crippen molar-refractivity contribution in [3.8, 4) is 0 Å². The third-order valence-electron chi connectivity index (χ3n) is 3.79. The smallest absolute Gasteiger partial charge is 0.333 e. The molecule has 0 aromatic heterocycles. The predicted molar refractivity (Wildman–Crippen MR) is 91.7 cm³/mol. The minimum Gasteiger partial charge on any atom is -0.462 e. The topological polar surface area (TPSA) is 80.7 Å². The molecule has 0 aliphatic rings. The van der Waals surface area contributed by atoms with Gasteiger partial charge < -0.3 is 9.22 Å². The monoisotopic (exact) mass is 350 g/mol. The Bertz CT molecular complexity index is 467. The number of hydrogen-bond donors (Lipinski definition) is 1. The minimum atomic E-state index is -3.91. The van der Waals surface area contributed by atoms with Gasteiger partial charge in [-0.15, -0.1) is 0 Å². The van der Waals surface area contributed by atoms with Crippen LogP contribution in [-0.2, 0) is 19.6 Å². The molecule has 1 N–H and O–H groups in total. The van der Waals surface area contributed by atoms with Crippen molar-refractivity contribution in [2.45, 2.75) is 46.5 Å². The summed E-state index contributed by atoms with van der Waals surface area (Å²) in [6.07, 6.45) is 3.16. The first-order valence-electron chi connectivity index (χ1n) is 8.28. The van der Waals surface area contributed by atoms with Crippen LogP contribution in [0.2, 0.25) is 0 Å². The van der Waals surface area contributed by atoms with E-state index in [1.807, 2.05) is 0 Å². The van der Waals surface area contributed by atoms with Crippen LogP contribution in [0.3, 0.4) is 0 Å². The highest BCUT2D eigenvalue weighted by Gasteiger charge is 2.25. The van der Waals surface area contributed by atoms with E-state index < -0.39 is 10.1 Å². The second-order valence-electron chi connectivity index (χ2n) is 6.15. The van der Waals surface area contributed by atoms with E-state index in [4.69, 9.17) is 9.29 Å². The number of carbonyl (C=O) groups is 1. The van der Waals surface area contributed by atoms with Crippen LogP contribution in [-0.4, -0.2) is 62.0 Å². The van der Waals surface area contributed by atoms with Crippen molar-refractivity contribution >= 4 is 16.1 Å². The Labute approximate surface area is 140 Å². The van der Waals surface area contributed by atoms with Gasteiger partial charge >= 0.3 is 5.97 Å². The van der Waals surface area contributed by atoms with Crippen LogP contribution in [0.4, 0.5) is 0 Å². The molecule has 0 spiro atoms. The van der Waals surface area contributed by atoms with Crippen LogP contribution in [0.15, 0.2) is 12.2 Å². The van der Waals surface area contributed by atoms with Crippen molar-refractivity contribution in [2.24, 2.45) is 0 Å². The maximum atomic E-state index is 11.4. The fourth-order valence-corrected chi connectivity index (χ4v) is 3.38. The van der Waals surface area contributed by atoms with E-state index in [1.165, 1.54) is 0 Å². The molecule has 0 rings (SSSR count). The maximum Gasteiger partial charge on any atom is 0.333 e. The van der Waals surface area contributed by atoms with Crippen LogP contribution >= 0.6 is 0 Å². The number of ether oxygens (including phenoxy) is 1. The van der Waals surface area contributed by atoms with Crippen LogP contribution in [0.25, 0.3) is 0 Å². The van der Waals surface area contributed by atoms with E-state index >= 15 is 0 Å². The second kappa shape index (κ2) is 10.8. The van der Waals surface area contributed by atoms with Gasteiger partial charge in [-0.25, -0.2) is 4.79 Å². The molecular formula is C16H32NO5S+. The number of esters is 1. The van der Waals surface area contributed by atoms with Crippen molar-refractivity contribution in [3.05, 3.63) is 12.2 Å². The summed E-state index contributed by atoms with van der Waals surface area (Å²) in [5, 5.41) is 0. The van der Waals surface area contributed by atoms with Gasteiger partial charge in [-0.05, 0) is 19.8 Å². The lowest BCUT2D eigenvalue weighted by atomic mass is 10.2. The lowest BCUT2D eigenvalue weighted by molar-refractivity contribution is -0.928. The molecule has 0 heterocycles. The van der Waals surface area contributed by atoms with E-state index in [9.17, 15) is 13.2 Å². The fraction of sp³-hybridized carbons (Fsp3) is 0.812. The summed E-state index contributed by atoms with van der Waals surface area (Å²) in [5.74, 6) is -0.578. The molecule has 0 bridgehead atoms. The van der Waals surface area contributed by atoms with Crippen molar-refractivity contribution in [1.82, 2.24) is 0 Å². The zero-order valence-electron chi connectivity index (χ0n) is 14.7. The summed E-state index contributed by atoms with van der Waals surface area (Å²) in [5.41, 5.74) is 0.390. The molecule has 0 aliphatic carbocycles. The summed E-state index contributed by atoms with van der Waals surface area (Å²) in [4.78, 5) is 11.4. The van der Waals surface area contributed by atoms with Crippen molar-refractivity contribution in [3.63, 3.8) is 0 Å². The van der Waals surface area contributed by atoms with Gasteiger partial charge in [-0.1, -0.05) is 20.4 Å². The summed E-state index contributed by atoms with van der Waals surface area (Å²) in [6.45, 7) is 13.2. The first kappa shape index (κ1) is 22.1. The predicted octanol–water partition coefficient (Wildman–Crippen LogP) is 2.41. The van der Waals surface area contributed by atoms with Gasteiger partial charge in [0.2, 0.25) is 0 Å². The highest BCUT2D eigenvalue weighted by molar-refractivity contribution is 7.85. The molecule has 136 valence electrons. The number of quaternary nitrogens is 1. The highest BCUT2D eigenvalue weighted by Crippen LogP contribution is 2.14. The molecule has 0 amide bonds. The molecular weight excluding hydrogens is 318 g/mol. The Hall–Kier alpha value is -0.920. The van der Waals surface area contributed by atoms with Gasteiger partial charge in [-0.3, -0.25) is 4.55 Å². The van der Waals surface area contributed by atoms with E-state index in [2.05, 4.69) is 20.4 Å². The van der Waals surface area contributed by atoms with E-state index in [0.717, 1.165) is 43.4 Å². The molecule has 0 aromatic carbocycles. The normalized spacial score (nSPS) is 12.2. The van der Waals surface area contributed by atoms with Gasteiger partial charge in [0.15, 0.2) is 0 Å². The quantitative estimate of drug-likeness (QED) is 0.181. The second-order valence-corrected chi connectivity index (χ2v) is 7.72. The zero-order chi connectivity index (χ0) is 17.9. The molecule has 0 atom stereocenters. The molecule has 7 heteroatoms. The molecule has 0 saturated carbocycles. The molecule has 23 heavy (non-hydrogen) atoms. The van der Waals surface area contributed by atoms with Gasteiger partial charge in [-0.2, -0.15) is 8.42 Å². The summed E-state index contributed by atoms with van der Waals surface area (Å²) >= 11 is 0. The number of nitrogens with zero attached hydrogens (tertiary/aromatic N) is 1. The fourth-order valence-electron chi connectivity index (χ4n) is 2.89. The summed E-state index contributed by atoms with van der Waals surface area (Å²) < 4.78 is 36.7. The Morgan fingerprint density at radius 3 is 2.04 bits per heavy atom. The lowest BCUT2D eigenvalue weighted by Crippen LogP contribution is -2.51. The van der Waals surface area contributed by atoms with Crippen LogP contribution in [0.1, 0.15) is 46.5 Å². The third kappa shape index (κ3) is 10.5. The van der Waals surface area contributed by atoms with E-state index in [0.29, 0.717) is 25.1 Å². The first-order chi connectivity index (χ1) is 10.7. The molecule has 0 fully saturated rings. The first-order valence-corrected chi connectivity index (χ1v) is 9.89. The largest absolute Gasteiger partial charge is 0.462 e. The van der Waals surface area contributed by atoms with Gasteiger partial charge in [0, 0.05) is 18.4 Å². The average Bonchev–Trinajstić information content (AvgIpc) is 2.42. The highest BCUT2D eigenvalue weighted by atomic mass is 32.2. The van der Waals surface area contributed by atoms with E-state index in [1.54, 1.807) is 6.92 Å². The third-order valence-corrected chi connectivity index (χ3v) is 4.59. The Morgan fingerprint density at radius 1 is 1.09 bits per heavy atom. The molecule has 0 radical (unpaired) electrons. The standard InChI is InChI=1S/C16H31NO5S/c1-5-9-17(10-6-2,12-8-14-23(19,20)21)11-7-13-22-16(18)15(3)4/h3,5-14H2,1-2,4H3/p+1. The SMILES string of the molecule is C=C(C)C(=O)OCCC[N+](CCC)(CCC)CCCS(=O)(=O)O. The lowest BCUT2D eigenvalue weighted by Gasteiger charge is -2.38. The van der Waals surface area contributed by atoms with Crippen LogP contribution in [0, 0.1) is 0 Å². The van der Waals surface area contributed by atoms with Crippen LogP contribution < -0.4 is 0 Å². The average molecular weight is 351 g/mol. The van der Waals surface area contributed by atoms with Crippen molar-refractivity contribution in [1.29, 1.82) is 0 Å². The van der Waals surface area contributed by atoms with Gasteiger partial charge in [0.05, 0.1) is 38.5 Å². The molecule has 0 saturated heterocycles.